The van der Waals surface area contributed by atoms with Gasteiger partial charge in [-0.05, 0) is 18.6 Å². The van der Waals surface area contributed by atoms with Crippen LogP contribution in [0.25, 0.3) is 16.7 Å². The van der Waals surface area contributed by atoms with Gasteiger partial charge in [0.25, 0.3) is 5.56 Å². The van der Waals surface area contributed by atoms with Crippen molar-refractivity contribution in [1.82, 2.24) is 24.1 Å². The molecule has 0 fully saturated rings. The zero-order valence-corrected chi connectivity index (χ0v) is 15.5. The lowest BCUT2D eigenvalue weighted by Crippen LogP contribution is -2.30. The van der Waals surface area contributed by atoms with Crippen LogP contribution in [0.15, 0.2) is 29.1 Å². The Bertz CT molecular complexity index is 934. The van der Waals surface area contributed by atoms with Gasteiger partial charge in [0.1, 0.15) is 0 Å². The number of nitrogens with zero attached hydrogens (tertiary/aromatic N) is 5. The van der Waals surface area contributed by atoms with Crippen LogP contribution < -0.4 is 5.56 Å². The highest BCUT2D eigenvalue weighted by Crippen LogP contribution is 2.15. The summed E-state index contributed by atoms with van der Waals surface area (Å²) in [5.41, 5.74) is 0.762. The predicted octanol–water partition coefficient (Wildman–Crippen LogP) is 1.07. The number of hydrogen-bond donors (Lipinski definition) is 0. The normalized spacial score (nSPS) is 11.8. The average molecular weight is 359 g/mol. The average Bonchev–Trinajstić information content (AvgIpc) is 3.08. The molecule has 0 aliphatic heterocycles. The van der Waals surface area contributed by atoms with Crippen molar-refractivity contribution in [3.63, 3.8) is 0 Å². The Labute approximate surface area is 152 Å². The van der Waals surface area contributed by atoms with Crippen LogP contribution in [-0.2, 0) is 23.1 Å². The molecule has 26 heavy (non-hydrogen) atoms. The van der Waals surface area contributed by atoms with Crippen molar-refractivity contribution >= 4 is 16.7 Å². The van der Waals surface area contributed by atoms with Gasteiger partial charge in [-0.2, -0.15) is 0 Å². The maximum Gasteiger partial charge on any atom is 0.262 e. The van der Waals surface area contributed by atoms with Gasteiger partial charge >= 0.3 is 0 Å². The molecule has 2 heterocycles. The van der Waals surface area contributed by atoms with Crippen LogP contribution in [-0.4, -0.2) is 64.6 Å². The fraction of sp³-hybridized carbons (Fsp3) is 0.500. The number of ether oxygens (including phenoxy) is 2. The maximum absolute atomic E-state index is 12.5. The van der Waals surface area contributed by atoms with Crippen molar-refractivity contribution in [3.8, 4) is 0 Å². The minimum atomic E-state index is -0.0663. The number of benzene rings is 1. The summed E-state index contributed by atoms with van der Waals surface area (Å²) in [6.07, 6.45) is 0.927. The van der Waals surface area contributed by atoms with Gasteiger partial charge in [-0.3, -0.25) is 18.7 Å². The van der Waals surface area contributed by atoms with E-state index in [0.29, 0.717) is 30.9 Å². The number of aromatic nitrogens is 4. The Morgan fingerprint density at radius 1 is 1.08 bits per heavy atom. The summed E-state index contributed by atoms with van der Waals surface area (Å²) in [5, 5.41) is 9.27. The lowest BCUT2D eigenvalue weighted by atomic mass is 10.2. The van der Waals surface area contributed by atoms with Gasteiger partial charge in [0.2, 0.25) is 5.78 Å². The van der Waals surface area contributed by atoms with Crippen LogP contribution in [0, 0.1) is 0 Å². The molecule has 3 aromatic rings. The molecule has 2 aromatic heterocycles. The third-order valence-electron chi connectivity index (χ3n) is 4.49. The molecule has 8 heteroatoms. The zero-order valence-electron chi connectivity index (χ0n) is 15.5. The van der Waals surface area contributed by atoms with E-state index in [1.165, 1.54) is 0 Å². The van der Waals surface area contributed by atoms with Crippen LogP contribution >= 0.6 is 0 Å². The maximum atomic E-state index is 12.5. The minimum absolute atomic E-state index is 0.0663. The summed E-state index contributed by atoms with van der Waals surface area (Å²) in [4.78, 5) is 14.8. The van der Waals surface area contributed by atoms with Gasteiger partial charge in [0.05, 0.1) is 24.1 Å². The second kappa shape index (κ2) is 8.39. The molecule has 0 saturated carbocycles. The van der Waals surface area contributed by atoms with Crippen LogP contribution in [0.3, 0.4) is 0 Å². The van der Waals surface area contributed by atoms with Crippen molar-refractivity contribution in [1.29, 1.82) is 0 Å². The third-order valence-corrected chi connectivity index (χ3v) is 4.49. The predicted molar refractivity (Wildman–Crippen MR) is 99.4 cm³/mol. The van der Waals surface area contributed by atoms with Crippen molar-refractivity contribution < 1.29 is 9.47 Å². The molecule has 0 atom stereocenters. The number of fused-ring (bicyclic) bond motifs is 3. The lowest BCUT2D eigenvalue weighted by Gasteiger charge is -2.21. The highest BCUT2D eigenvalue weighted by molar-refractivity contribution is 5.80. The van der Waals surface area contributed by atoms with Crippen molar-refractivity contribution in [3.05, 3.63) is 40.4 Å². The lowest BCUT2D eigenvalue weighted by molar-refractivity contribution is 0.127. The molecule has 0 amide bonds. The van der Waals surface area contributed by atoms with E-state index in [-0.39, 0.29) is 5.56 Å². The molecular weight excluding hydrogens is 334 g/mol. The zero-order chi connectivity index (χ0) is 18.5. The van der Waals surface area contributed by atoms with Crippen LogP contribution in [0.4, 0.5) is 0 Å². The summed E-state index contributed by atoms with van der Waals surface area (Å²) in [6.45, 7) is 3.63. The van der Waals surface area contributed by atoms with E-state index >= 15 is 0 Å². The van der Waals surface area contributed by atoms with E-state index < -0.39 is 0 Å². The molecule has 140 valence electrons. The molecule has 1 aromatic carbocycles. The van der Waals surface area contributed by atoms with E-state index in [9.17, 15) is 4.79 Å². The van der Waals surface area contributed by atoms with Gasteiger partial charge in [-0.1, -0.05) is 12.1 Å². The smallest absolute Gasteiger partial charge is 0.262 e. The van der Waals surface area contributed by atoms with E-state index in [2.05, 4.69) is 15.1 Å². The van der Waals surface area contributed by atoms with Crippen molar-refractivity contribution in [2.75, 3.05) is 40.5 Å². The highest BCUT2D eigenvalue weighted by atomic mass is 16.5. The molecule has 3 rings (SSSR count). The molecule has 0 bridgehead atoms. The molecule has 0 aliphatic carbocycles. The largest absolute Gasteiger partial charge is 0.385 e. The molecule has 0 N–H and O–H groups in total. The SMILES string of the molecule is COCCCN(CCOC)Cc1nnc2n(C)c(=O)c3ccccc3n12. The van der Waals surface area contributed by atoms with Crippen LogP contribution in [0.1, 0.15) is 12.2 Å². The Balaban J connectivity index is 2.00. The van der Waals surface area contributed by atoms with E-state index in [1.807, 2.05) is 28.7 Å². The van der Waals surface area contributed by atoms with E-state index in [1.54, 1.807) is 25.8 Å². The monoisotopic (exact) mass is 359 g/mol. The molecule has 0 radical (unpaired) electrons. The van der Waals surface area contributed by atoms with Crippen LogP contribution in [0.5, 0.6) is 0 Å². The quantitative estimate of drug-likeness (QED) is 0.532. The van der Waals surface area contributed by atoms with Gasteiger partial charge in [-0.25, -0.2) is 0 Å². The summed E-state index contributed by atoms with van der Waals surface area (Å²) in [5.74, 6) is 1.35. The standard InChI is InChI=1S/C18H25N5O3/c1-21-17(24)14-7-4-5-8-15(14)23-16(19-20-18(21)23)13-22(10-12-26-3)9-6-11-25-2/h4-5,7-8H,6,9-13H2,1-3H3. The van der Waals surface area contributed by atoms with Crippen LogP contribution in [0.2, 0.25) is 0 Å². The van der Waals surface area contributed by atoms with Gasteiger partial charge in [-0.15, -0.1) is 10.2 Å². The summed E-state index contributed by atoms with van der Waals surface area (Å²) >= 11 is 0. The third kappa shape index (κ3) is 3.62. The molecule has 0 aliphatic rings. The number of aryl methyl sites for hydroxylation is 1. The molecule has 0 spiro atoms. The molecule has 0 saturated heterocycles. The Hall–Kier alpha value is -2.29. The second-order valence-corrected chi connectivity index (χ2v) is 6.25. The fourth-order valence-electron chi connectivity index (χ4n) is 3.12. The Morgan fingerprint density at radius 3 is 2.62 bits per heavy atom. The number of rotatable bonds is 9. The first-order valence-electron chi connectivity index (χ1n) is 8.69. The second-order valence-electron chi connectivity index (χ2n) is 6.25. The Kier molecular flexibility index (Phi) is 5.97. The first-order chi connectivity index (χ1) is 12.7. The molecule has 0 unspecified atom stereocenters. The molecular formula is C18H25N5O3. The summed E-state index contributed by atoms with van der Waals surface area (Å²) in [6, 6.07) is 7.56. The minimum Gasteiger partial charge on any atom is -0.385 e. The fourth-order valence-corrected chi connectivity index (χ4v) is 3.12. The van der Waals surface area contributed by atoms with Crippen molar-refractivity contribution in [2.24, 2.45) is 7.05 Å². The van der Waals surface area contributed by atoms with Gasteiger partial charge < -0.3 is 9.47 Å². The van der Waals surface area contributed by atoms with Crippen molar-refractivity contribution in [2.45, 2.75) is 13.0 Å². The summed E-state index contributed by atoms with van der Waals surface area (Å²) in [7, 11) is 5.13. The topological polar surface area (TPSA) is 73.9 Å². The Morgan fingerprint density at radius 2 is 1.85 bits per heavy atom. The number of methoxy groups -OCH3 is 2. The first kappa shape index (κ1) is 18.5. The van der Waals surface area contributed by atoms with Gasteiger partial charge in [0.15, 0.2) is 5.82 Å². The number of hydrogen-bond acceptors (Lipinski definition) is 6. The van der Waals surface area contributed by atoms with E-state index in [4.69, 9.17) is 9.47 Å². The first-order valence-corrected chi connectivity index (χ1v) is 8.69. The number of para-hydroxylation sites is 1. The van der Waals surface area contributed by atoms with Gasteiger partial charge in [0, 0.05) is 41.0 Å². The highest BCUT2D eigenvalue weighted by Gasteiger charge is 2.16. The molecule has 8 nitrogen and oxygen atoms in total. The summed E-state index contributed by atoms with van der Waals surface area (Å²) < 4.78 is 13.9. The van der Waals surface area contributed by atoms with E-state index in [0.717, 1.165) is 30.9 Å².